The first-order valence-corrected chi connectivity index (χ1v) is 8.91. The van der Waals surface area contributed by atoms with E-state index < -0.39 is 0 Å². The zero-order valence-corrected chi connectivity index (χ0v) is 14.0. The zero-order valence-electron chi connectivity index (χ0n) is 13.2. The van der Waals surface area contributed by atoms with Crippen LogP contribution in [0.5, 0.6) is 0 Å². The van der Waals surface area contributed by atoms with E-state index in [0.717, 1.165) is 30.5 Å². The predicted octanol–water partition coefficient (Wildman–Crippen LogP) is 2.46. The number of thioether (sulfide) groups is 1. The van der Waals surface area contributed by atoms with Crippen LogP contribution in [0.4, 0.5) is 17.8 Å². The van der Waals surface area contributed by atoms with Crippen molar-refractivity contribution in [1.82, 2.24) is 15.0 Å². The first-order chi connectivity index (χ1) is 10.2. The molecule has 1 fully saturated rings. The molecule has 0 bridgehead atoms. The van der Waals surface area contributed by atoms with Gasteiger partial charge >= 0.3 is 0 Å². The second-order valence-corrected chi connectivity index (χ2v) is 6.60. The summed E-state index contributed by atoms with van der Waals surface area (Å²) in [5.41, 5.74) is 0. The van der Waals surface area contributed by atoms with E-state index >= 15 is 0 Å². The van der Waals surface area contributed by atoms with Crippen LogP contribution in [0.2, 0.25) is 0 Å². The molecule has 1 aliphatic heterocycles. The van der Waals surface area contributed by atoms with Gasteiger partial charge in [-0.2, -0.15) is 26.7 Å². The average Bonchev–Trinajstić information content (AvgIpc) is 2.53. The number of rotatable bonds is 7. The molecule has 1 aromatic heterocycles. The third-order valence-electron chi connectivity index (χ3n) is 3.43. The van der Waals surface area contributed by atoms with Crippen LogP contribution >= 0.6 is 11.8 Å². The van der Waals surface area contributed by atoms with Gasteiger partial charge in [0.25, 0.3) is 0 Å². The zero-order chi connectivity index (χ0) is 15.1. The standard InChI is InChI=1S/C14H26N6S/c1-4-21-10-11(2)16-13-17-12(15-3)18-14(19-13)20-8-6-5-7-9-20/h11H,4-10H2,1-3H3,(H2,15,16,17,18,19). The van der Waals surface area contributed by atoms with Crippen molar-refractivity contribution in [1.29, 1.82) is 0 Å². The van der Waals surface area contributed by atoms with Crippen LogP contribution in [-0.4, -0.2) is 52.6 Å². The Kier molecular flexibility index (Phi) is 6.35. The Morgan fingerprint density at radius 1 is 1.14 bits per heavy atom. The Hall–Kier alpha value is -1.24. The van der Waals surface area contributed by atoms with Gasteiger partial charge in [0.15, 0.2) is 0 Å². The third kappa shape index (κ3) is 4.91. The maximum Gasteiger partial charge on any atom is 0.231 e. The van der Waals surface area contributed by atoms with Gasteiger partial charge in [-0.05, 0) is 31.9 Å². The second kappa shape index (κ2) is 8.26. The van der Waals surface area contributed by atoms with Gasteiger partial charge in [-0.3, -0.25) is 0 Å². The molecular formula is C14H26N6S. The number of hydrogen-bond acceptors (Lipinski definition) is 7. The number of piperidine rings is 1. The van der Waals surface area contributed by atoms with Crippen LogP contribution in [0.3, 0.4) is 0 Å². The SMILES string of the molecule is CCSCC(C)Nc1nc(NC)nc(N2CCCCC2)n1. The maximum atomic E-state index is 4.60. The van der Waals surface area contributed by atoms with E-state index in [-0.39, 0.29) is 0 Å². The monoisotopic (exact) mass is 310 g/mol. The quantitative estimate of drug-likeness (QED) is 0.802. The normalized spacial score (nSPS) is 16.6. The van der Waals surface area contributed by atoms with Gasteiger partial charge in [-0.1, -0.05) is 6.92 Å². The lowest BCUT2D eigenvalue weighted by atomic mass is 10.1. The van der Waals surface area contributed by atoms with E-state index in [1.165, 1.54) is 19.3 Å². The summed E-state index contributed by atoms with van der Waals surface area (Å²) in [6.45, 7) is 6.40. The average molecular weight is 310 g/mol. The molecule has 0 aromatic carbocycles. The minimum Gasteiger partial charge on any atom is -0.357 e. The third-order valence-corrected chi connectivity index (χ3v) is 4.58. The number of nitrogens with one attached hydrogen (secondary N) is 2. The summed E-state index contributed by atoms with van der Waals surface area (Å²) >= 11 is 1.92. The molecule has 0 spiro atoms. The highest BCUT2D eigenvalue weighted by Crippen LogP contribution is 2.19. The molecule has 6 nitrogen and oxygen atoms in total. The van der Waals surface area contributed by atoms with Crippen LogP contribution < -0.4 is 15.5 Å². The minimum atomic E-state index is 0.344. The van der Waals surface area contributed by atoms with Gasteiger partial charge < -0.3 is 15.5 Å². The Bertz CT molecular complexity index is 435. The van der Waals surface area contributed by atoms with Crippen molar-refractivity contribution in [2.75, 3.05) is 47.2 Å². The van der Waals surface area contributed by atoms with Crippen molar-refractivity contribution in [3.63, 3.8) is 0 Å². The fourth-order valence-corrected chi connectivity index (χ4v) is 3.01. The summed E-state index contributed by atoms with van der Waals surface area (Å²) < 4.78 is 0. The molecule has 1 atom stereocenters. The van der Waals surface area contributed by atoms with Gasteiger partial charge in [0.05, 0.1) is 0 Å². The fraction of sp³-hybridized carbons (Fsp3) is 0.786. The number of aromatic nitrogens is 3. The van der Waals surface area contributed by atoms with E-state index in [1.807, 2.05) is 18.8 Å². The topological polar surface area (TPSA) is 66.0 Å². The van der Waals surface area contributed by atoms with Gasteiger partial charge in [0.2, 0.25) is 17.8 Å². The molecule has 21 heavy (non-hydrogen) atoms. The highest BCUT2D eigenvalue weighted by atomic mass is 32.2. The molecule has 1 saturated heterocycles. The van der Waals surface area contributed by atoms with Crippen molar-refractivity contribution in [2.45, 2.75) is 39.2 Å². The first-order valence-electron chi connectivity index (χ1n) is 7.76. The van der Waals surface area contributed by atoms with Crippen LogP contribution in [0.25, 0.3) is 0 Å². The van der Waals surface area contributed by atoms with E-state index in [9.17, 15) is 0 Å². The van der Waals surface area contributed by atoms with Gasteiger partial charge in [-0.25, -0.2) is 0 Å². The Morgan fingerprint density at radius 2 is 1.86 bits per heavy atom. The molecule has 2 N–H and O–H groups in total. The van der Waals surface area contributed by atoms with Crippen molar-refractivity contribution < 1.29 is 0 Å². The largest absolute Gasteiger partial charge is 0.357 e. The molecule has 1 aliphatic rings. The molecule has 0 saturated carbocycles. The molecule has 118 valence electrons. The van der Waals surface area contributed by atoms with E-state index in [2.05, 4.69) is 44.3 Å². The molecule has 0 amide bonds. The Balaban J connectivity index is 2.09. The summed E-state index contributed by atoms with van der Waals surface area (Å²) in [6, 6.07) is 0.344. The molecule has 0 radical (unpaired) electrons. The smallest absolute Gasteiger partial charge is 0.231 e. The molecule has 7 heteroatoms. The molecule has 0 aliphatic carbocycles. The number of hydrogen-bond donors (Lipinski definition) is 2. The minimum absolute atomic E-state index is 0.344. The summed E-state index contributed by atoms with van der Waals surface area (Å²) in [7, 11) is 1.84. The van der Waals surface area contributed by atoms with E-state index in [1.54, 1.807) is 0 Å². The van der Waals surface area contributed by atoms with Crippen LogP contribution in [-0.2, 0) is 0 Å². The maximum absolute atomic E-state index is 4.60. The number of nitrogens with zero attached hydrogens (tertiary/aromatic N) is 4. The second-order valence-electron chi connectivity index (χ2n) is 5.29. The van der Waals surface area contributed by atoms with Gasteiger partial charge in [-0.15, -0.1) is 0 Å². The highest BCUT2D eigenvalue weighted by Gasteiger charge is 2.16. The lowest BCUT2D eigenvalue weighted by molar-refractivity contribution is 0.567. The van der Waals surface area contributed by atoms with Crippen molar-refractivity contribution in [3.8, 4) is 0 Å². The van der Waals surface area contributed by atoms with Gasteiger partial charge in [0, 0.05) is 31.9 Å². The molecule has 1 aromatic rings. The summed E-state index contributed by atoms with van der Waals surface area (Å²) in [6.07, 6.45) is 3.73. The Morgan fingerprint density at radius 3 is 2.52 bits per heavy atom. The van der Waals surface area contributed by atoms with Crippen molar-refractivity contribution in [3.05, 3.63) is 0 Å². The van der Waals surface area contributed by atoms with Crippen LogP contribution in [0.1, 0.15) is 33.1 Å². The van der Waals surface area contributed by atoms with E-state index in [4.69, 9.17) is 0 Å². The Labute approximate surface area is 131 Å². The van der Waals surface area contributed by atoms with Crippen molar-refractivity contribution >= 4 is 29.6 Å². The van der Waals surface area contributed by atoms with Gasteiger partial charge in [0.1, 0.15) is 0 Å². The lowest BCUT2D eigenvalue weighted by Crippen LogP contribution is -2.32. The molecule has 2 rings (SSSR count). The van der Waals surface area contributed by atoms with E-state index in [0.29, 0.717) is 17.9 Å². The lowest BCUT2D eigenvalue weighted by Gasteiger charge is -2.27. The first kappa shape index (κ1) is 16.1. The summed E-state index contributed by atoms with van der Waals surface area (Å²) in [5, 5.41) is 6.41. The molecular weight excluding hydrogens is 284 g/mol. The number of anilines is 3. The molecule has 2 heterocycles. The summed E-state index contributed by atoms with van der Waals surface area (Å²) in [5.74, 6) is 4.26. The summed E-state index contributed by atoms with van der Waals surface area (Å²) in [4.78, 5) is 15.8. The predicted molar refractivity (Wildman–Crippen MR) is 91.5 cm³/mol. The highest BCUT2D eigenvalue weighted by molar-refractivity contribution is 7.99. The van der Waals surface area contributed by atoms with Crippen LogP contribution in [0.15, 0.2) is 0 Å². The fourth-order valence-electron chi connectivity index (χ4n) is 2.33. The molecule has 1 unspecified atom stereocenters. The van der Waals surface area contributed by atoms with Crippen molar-refractivity contribution in [2.24, 2.45) is 0 Å². The van der Waals surface area contributed by atoms with Crippen LogP contribution in [0, 0.1) is 0 Å².